The van der Waals surface area contributed by atoms with Crippen molar-refractivity contribution < 1.29 is 8.42 Å². The van der Waals surface area contributed by atoms with Crippen molar-refractivity contribution in [1.82, 2.24) is 14.3 Å². The molecule has 1 atom stereocenters. The van der Waals surface area contributed by atoms with Gasteiger partial charge in [0.05, 0.1) is 0 Å². The summed E-state index contributed by atoms with van der Waals surface area (Å²) in [7, 11) is -3.28. The molecular formula is C13H29N3O2S2. The summed E-state index contributed by atoms with van der Waals surface area (Å²) in [6, 6.07) is 0. The van der Waals surface area contributed by atoms with E-state index in [9.17, 15) is 8.42 Å². The van der Waals surface area contributed by atoms with Crippen molar-refractivity contribution in [1.29, 1.82) is 0 Å². The molecule has 5 nitrogen and oxygen atoms in total. The fraction of sp³-hybridized carbons (Fsp3) is 1.00. The third kappa shape index (κ3) is 6.30. The van der Waals surface area contributed by atoms with E-state index in [-0.39, 0.29) is 0 Å². The Hall–Kier alpha value is 0.180. The van der Waals surface area contributed by atoms with Gasteiger partial charge in [0.1, 0.15) is 0 Å². The van der Waals surface area contributed by atoms with Gasteiger partial charge in [0.25, 0.3) is 10.2 Å². The van der Waals surface area contributed by atoms with Crippen LogP contribution in [0.1, 0.15) is 33.1 Å². The minimum absolute atomic E-state index is 0.489. The number of nitrogens with zero attached hydrogens (tertiary/aromatic N) is 1. The highest BCUT2D eigenvalue weighted by Gasteiger charge is 2.27. The Morgan fingerprint density at radius 2 is 2.00 bits per heavy atom. The SMILES string of the molecule is CCNCC1CCN(S(=O)(=O)NCCC(C)SC)CC1. The summed E-state index contributed by atoms with van der Waals surface area (Å²) in [6.45, 7) is 8.01. The van der Waals surface area contributed by atoms with Gasteiger partial charge in [-0.05, 0) is 44.5 Å². The van der Waals surface area contributed by atoms with Crippen molar-refractivity contribution in [3.63, 3.8) is 0 Å². The van der Waals surface area contributed by atoms with E-state index in [0.717, 1.165) is 32.4 Å². The van der Waals surface area contributed by atoms with E-state index in [0.29, 0.717) is 30.8 Å². The van der Waals surface area contributed by atoms with Crippen LogP contribution < -0.4 is 10.0 Å². The summed E-state index contributed by atoms with van der Waals surface area (Å²) in [5.74, 6) is 0.609. The summed E-state index contributed by atoms with van der Waals surface area (Å²) in [5, 5.41) is 3.83. The molecule has 0 amide bonds. The van der Waals surface area contributed by atoms with Crippen LogP contribution in [0.5, 0.6) is 0 Å². The summed E-state index contributed by atoms with van der Waals surface area (Å²) in [5.41, 5.74) is 0. The average molecular weight is 324 g/mol. The van der Waals surface area contributed by atoms with Gasteiger partial charge in [-0.1, -0.05) is 13.8 Å². The van der Waals surface area contributed by atoms with Gasteiger partial charge in [-0.15, -0.1) is 0 Å². The topological polar surface area (TPSA) is 61.4 Å². The van der Waals surface area contributed by atoms with Crippen LogP contribution in [0.25, 0.3) is 0 Å². The third-order valence-corrected chi connectivity index (χ3v) is 6.49. The van der Waals surface area contributed by atoms with Crippen LogP contribution >= 0.6 is 11.8 Å². The van der Waals surface area contributed by atoms with Crippen LogP contribution in [0.15, 0.2) is 0 Å². The zero-order valence-electron chi connectivity index (χ0n) is 12.9. The lowest BCUT2D eigenvalue weighted by atomic mass is 9.98. The number of hydrogen-bond donors (Lipinski definition) is 2. The summed E-state index contributed by atoms with van der Waals surface area (Å²) < 4.78 is 28.7. The monoisotopic (exact) mass is 323 g/mol. The first-order chi connectivity index (χ1) is 9.49. The Labute approximate surface area is 128 Å². The first-order valence-electron chi connectivity index (χ1n) is 7.47. The molecule has 0 aromatic carbocycles. The van der Waals surface area contributed by atoms with E-state index in [1.54, 1.807) is 16.1 Å². The average Bonchev–Trinajstić information content (AvgIpc) is 2.45. The van der Waals surface area contributed by atoms with E-state index in [2.05, 4.69) is 23.9 Å². The maximum Gasteiger partial charge on any atom is 0.279 e. The lowest BCUT2D eigenvalue weighted by Gasteiger charge is -2.31. The highest BCUT2D eigenvalue weighted by Crippen LogP contribution is 2.18. The molecule has 1 rings (SSSR count). The fourth-order valence-electron chi connectivity index (χ4n) is 2.30. The molecule has 0 spiro atoms. The van der Waals surface area contributed by atoms with Crippen molar-refractivity contribution in [2.24, 2.45) is 5.92 Å². The molecule has 1 heterocycles. The third-order valence-electron chi connectivity index (χ3n) is 3.83. The molecule has 0 radical (unpaired) electrons. The second-order valence-corrected chi connectivity index (χ2v) is 8.42. The van der Waals surface area contributed by atoms with Crippen LogP contribution in [0, 0.1) is 5.92 Å². The van der Waals surface area contributed by atoms with Crippen LogP contribution in [-0.4, -0.2) is 57.0 Å². The van der Waals surface area contributed by atoms with E-state index < -0.39 is 10.2 Å². The quantitative estimate of drug-likeness (QED) is 0.671. The minimum atomic E-state index is -3.28. The Morgan fingerprint density at radius 1 is 1.35 bits per heavy atom. The van der Waals surface area contributed by atoms with E-state index in [1.807, 2.05) is 6.26 Å². The van der Waals surface area contributed by atoms with Gasteiger partial charge in [0.15, 0.2) is 0 Å². The molecule has 120 valence electrons. The highest BCUT2D eigenvalue weighted by atomic mass is 32.2. The normalized spacial score (nSPS) is 20.1. The number of nitrogens with one attached hydrogen (secondary N) is 2. The molecule has 1 fully saturated rings. The molecule has 1 saturated heterocycles. The zero-order chi connectivity index (χ0) is 15.0. The van der Waals surface area contributed by atoms with Crippen molar-refractivity contribution in [2.75, 3.05) is 39.0 Å². The summed E-state index contributed by atoms with van der Waals surface area (Å²) >= 11 is 1.76. The van der Waals surface area contributed by atoms with Crippen molar-refractivity contribution in [2.45, 2.75) is 38.4 Å². The van der Waals surface area contributed by atoms with Crippen LogP contribution in [0.2, 0.25) is 0 Å². The second-order valence-electron chi connectivity index (χ2n) is 5.38. The number of piperidine rings is 1. The molecule has 0 saturated carbocycles. The van der Waals surface area contributed by atoms with Gasteiger partial charge in [0, 0.05) is 24.9 Å². The van der Waals surface area contributed by atoms with Crippen LogP contribution in [0.4, 0.5) is 0 Å². The fourth-order valence-corrected chi connectivity index (χ4v) is 3.91. The molecule has 20 heavy (non-hydrogen) atoms. The van der Waals surface area contributed by atoms with Crippen molar-refractivity contribution >= 4 is 22.0 Å². The number of rotatable bonds is 9. The summed E-state index contributed by atoms with van der Waals surface area (Å²) in [4.78, 5) is 0. The number of thioether (sulfide) groups is 1. The van der Waals surface area contributed by atoms with Gasteiger partial charge < -0.3 is 5.32 Å². The molecule has 7 heteroatoms. The lowest BCUT2D eigenvalue weighted by molar-refractivity contribution is 0.266. The maximum atomic E-state index is 12.2. The smallest absolute Gasteiger partial charge is 0.279 e. The van der Waals surface area contributed by atoms with E-state index in [1.165, 1.54) is 0 Å². The van der Waals surface area contributed by atoms with Gasteiger partial charge in [-0.3, -0.25) is 0 Å². The largest absolute Gasteiger partial charge is 0.317 e. The lowest BCUT2D eigenvalue weighted by Crippen LogP contribution is -2.46. The first kappa shape index (κ1) is 18.2. The minimum Gasteiger partial charge on any atom is -0.317 e. The molecule has 0 aliphatic carbocycles. The Morgan fingerprint density at radius 3 is 2.55 bits per heavy atom. The van der Waals surface area contributed by atoms with Crippen molar-refractivity contribution in [3.05, 3.63) is 0 Å². The van der Waals surface area contributed by atoms with Gasteiger partial charge >= 0.3 is 0 Å². The molecule has 0 bridgehead atoms. The molecule has 1 aliphatic heterocycles. The highest BCUT2D eigenvalue weighted by molar-refractivity contribution is 7.99. The molecule has 1 unspecified atom stereocenters. The standard InChI is InChI=1S/C13H29N3O2S2/c1-4-14-11-13-6-9-16(10-7-13)20(17,18)15-8-5-12(2)19-3/h12-15H,4-11H2,1-3H3. The molecule has 0 aromatic heterocycles. The maximum absolute atomic E-state index is 12.2. The van der Waals surface area contributed by atoms with E-state index in [4.69, 9.17) is 0 Å². The van der Waals surface area contributed by atoms with E-state index >= 15 is 0 Å². The van der Waals surface area contributed by atoms with Crippen LogP contribution in [-0.2, 0) is 10.2 Å². The zero-order valence-corrected chi connectivity index (χ0v) is 14.5. The molecule has 2 N–H and O–H groups in total. The van der Waals surface area contributed by atoms with Crippen LogP contribution in [0.3, 0.4) is 0 Å². The Kier molecular flexibility index (Phi) is 8.43. The Bertz CT molecular complexity index is 355. The molecule has 1 aliphatic rings. The van der Waals surface area contributed by atoms with Gasteiger partial charge in [0.2, 0.25) is 0 Å². The molecule has 0 aromatic rings. The van der Waals surface area contributed by atoms with Crippen molar-refractivity contribution in [3.8, 4) is 0 Å². The molecular weight excluding hydrogens is 294 g/mol. The first-order valence-corrected chi connectivity index (χ1v) is 10.2. The summed E-state index contributed by atoms with van der Waals surface area (Å²) in [6.07, 6.45) is 4.83. The van der Waals surface area contributed by atoms with Gasteiger partial charge in [-0.25, -0.2) is 4.72 Å². The number of hydrogen-bond acceptors (Lipinski definition) is 4. The predicted molar refractivity (Wildman–Crippen MR) is 87.4 cm³/mol. The second kappa shape index (κ2) is 9.25. The van der Waals surface area contributed by atoms with Gasteiger partial charge in [-0.2, -0.15) is 24.5 Å². The Balaban J connectivity index is 2.31. The predicted octanol–water partition coefficient (Wildman–Crippen LogP) is 1.28.